The fraction of sp³-hybridized carbons (Fsp3) is 0.458. The van der Waals surface area contributed by atoms with Crippen LogP contribution in [0.2, 0.25) is 0 Å². The molecule has 2 bridgehead atoms. The molecule has 3 aliphatic heterocycles. The molecule has 2 aromatic rings. The summed E-state index contributed by atoms with van der Waals surface area (Å²) in [6.45, 7) is 5.89. The summed E-state index contributed by atoms with van der Waals surface area (Å²) in [5.41, 5.74) is 1.39. The lowest BCUT2D eigenvalue weighted by Gasteiger charge is -2.27. The van der Waals surface area contributed by atoms with E-state index in [0.717, 1.165) is 5.69 Å². The second-order valence-electron chi connectivity index (χ2n) is 9.10. The first-order valence-corrected chi connectivity index (χ1v) is 10.9. The molecule has 2 amide bonds. The Morgan fingerprint density at radius 3 is 2.77 bits per heavy atom. The first-order valence-electron chi connectivity index (χ1n) is 10.9. The monoisotopic (exact) mass is 420 g/mol. The summed E-state index contributed by atoms with van der Waals surface area (Å²) in [5, 5.41) is 4.19. The highest BCUT2D eigenvalue weighted by Gasteiger charge is 2.67. The number of nitrogens with zero attached hydrogens (tertiary/aromatic N) is 4. The predicted molar refractivity (Wildman–Crippen MR) is 116 cm³/mol. The Labute approximate surface area is 182 Å². The van der Waals surface area contributed by atoms with Crippen molar-refractivity contribution in [3.63, 3.8) is 0 Å². The molecule has 0 aliphatic carbocycles. The number of aromatic nitrogens is 2. The summed E-state index contributed by atoms with van der Waals surface area (Å²) in [6, 6.07) is 9.99. The Kier molecular flexibility index (Phi) is 4.73. The van der Waals surface area contributed by atoms with E-state index in [9.17, 15) is 9.59 Å². The molecule has 7 heteroatoms. The van der Waals surface area contributed by atoms with E-state index in [1.165, 1.54) is 5.56 Å². The van der Waals surface area contributed by atoms with Crippen molar-refractivity contribution in [2.24, 2.45) is 11.8 Å². The topological polar surface area (TPSA) is 67.7 Å². The molecule has 0 radical (unpaired) electrons. The third-order valence-corrected chi connectivity index (χ3v) is 6.86. The minimum absolute atomic E-state index is 0.0250. The van der Waals surface area contributed by atoms with Crippen molar-refractivity contribution < 1.29 is 14.3 Å². The fourth-order valence-corrected chi connectivity index (χ4v) is 5.09. The number of hydrogen-bond donors (Lipinski definition) is 0. The first kappa shape index (κ1) is 20.0. The lowest BCUT2D eigenvalue weighted by Crippen LogP contribution is -2.45. The van der Waals surface area contributed by atoms with Crippen LogP contribution in [0.25, 0.3) is 0 Å². The summed E-state index contributed by atoms with van der Waals surface area (Å²) >= 11 is 0. The van der Waals surface area contributed by atoms with E-state index in [-0.39, 0.29) is 17.9 Å². The zero-order valence-electron chi connectivity index (χ0n) is 18.1. The fourth-order valence-electron chi connectivity index (χ4n) is 5.09. The van der Waals surface area contributed by atoms with Gasteiger partial charge in [-0.15, -0.1) is 0 Å². The average Bonchev–Trinajstić information content (AvgIpc) is 3.54. The Morgan fingerprint density at radius 2 is 2.10 bits per heavy atom. The first-order chi connectivity index (χ1) is 14.9. The molecule has 0 saturated carbocycles. The molecule has 162 valence electrons. The summed E-state index contributed by atoms with van der Waals surface area (Å²) in [5.74, 6) is -0.601. The van der Waals surface area contributed by atoms with Crippen molar-refractivity contribution in [2.45, 2.75) is 38.0 Å². The zero-order valence-corrected chi connectivity index (χ0v) is 18.1. The molecule has 1 spiro atoms. The Bertz CT molecular complexity index is 1010. The van der Waals surface area contributed by atoms with Crippen LogP contribution < -0.4 is 4.90 Å². The average molecular weight is 421 g/mol. The van der Waals surface area contributed by atoms with Gasteiger partial charge in [0.05, 0.1) is 31.0 Å². The summed E-state index contributed by atoms with van der Waals surface area (Å²) < 4.78 is 8.06. The lowest BCUT2D eigenvalue weighted by molar-refractivity contribution is -0.139. The second-order valence-corrected chi connectivity index (χ2v) is 9.10. The van der Waals surface area contributed by atoms with E-state index >= 15 is 0 Å². The maximum atomic E-state index is 13.5. The number of hydrogen-bond acceptors (Lipinski definition) is 4. The molecule has 2 fully saturated rings. The largest absolute Gasteiger partial charge is 0.360 e. The van der Waals surface area contributed by atoms with Gasteiger partial charge in [0, 0.05) is 31.7 Å². The molecule has 4 heterocycles. The number of carbonyl (C=O) groups is 2. The molecule has 5 rings (SSSR count). The Morgan fingerprint density at radius 1 is 1.32 bits per heavy atom. The van der Waals surface area contributed by atoms with Gasteiger partial charge in [0.15, 0.2) is 0 Å². The molecule has 0 unspecified atom stereocenters. The van der Waals surface area contributed by atoms with Crippen molar-refractivity contribution in [3.8, 4) is 0 Å². The molecule has 0 N–H and O–H groups in total. The van der Waals surface area contributed by atoms with Crippen LogP contribution in [-0.4, -0.2) is 58.3 Å². The molecular formula is C24H28N4O3. The number of carbonyl (C=O) groups excluding carboxylic acids is 2. The number of ether oxygens (including phenoxy) is 1. The second kappa shape index (κ2) is 7.34. The molecule has 1 aromatic heterocycles. The van der Waals surface area contributed by atoms with Crippen LogP contribution in [0.4, 0.5) is 5.69 Å². The lowest BCUT2D eigenvalue weighted by atomic mass is 9.76. The standard InChI is InChI=1S/C24H28N4O3/c1-16(2)17-5-7-18(8-6-17)28-15-24-10-9-19(31-24)20(21(24)23(28)30)22(29)26(3)13-14-27-12-4-11-25-27/h4-12,16,19-21H,13-15H2,1-3H3/t19-,20+,21-,24-/m0/s1. The van der Waals surface area contributed by atoms with Gasteiger partial charge >= 0.3 is 0 Å². The van der Waals surface area contributed by atoms with Crippen LogP contribution in [0.15, 0.2) is 54.9 Å². The molecule has 31 heavy (non-hydrogen) atoms. The zero-order chi connectivity index (χ0) is 21.8. The van der Waals surface area contributed by atoms with E-state index in [4.69, 9.17) is 4.74 Å². The predicted octanol–water partition coefficient (Wildman–Crippen LogP) is 2.45. The van der Waals surface area contributed by atoms with E-state index in [0.29, 0.717) is 25.6 Å². The third-order valence-electron chi connectivity index (χ3n) is 6.86. The normalized spacial score (nSPS) is 28.6. The van der Waals surface area contributed by atoms with Gasteiger partial charge in [0.25, 0.3) is 0 Å². The van der Waals surface area contributed by atoms with Crippen LogP contribution >= 0.6 is 0 Å². The quantitative estimate of drug-likeness (QED) is 0.674. The molecule has 1 aromatic carbocycles. The van der Waals surface area contributed by atoms with E-state index in [2.05, 4.69) is 31.1 Å². The SMILES string of the molecule is CC(C)c1ccc(N2C[C@]34C=C[C@H](O3)[C@@H](C(=O)N(C)CCn3cccn3)[C@H]4C2=O)cc1. The van der Waals surface area contributed by atoms with Gasteiger partial charge in [0.2, 0.25) is 11.8 Å². The maximum Gasteiger partial charge on any atom is 0.234 e. The van der Waals surface area contributed by atoms with E-state index in [1.54, 1.807) is 27.7 Å². The van der Waals surface area contributed by atoms with Gasteiger partial charge in [-0.3, -0.25) is 14.3 Å². The maximum absolute atomic E-state index is 13.5. The van der Waals surface area contributed by atoms with Gasteiger partial charge < -0.3 is 14.5 Å². The molecule has 7 nitrogen and oxygen atoms in total. The van der Waals surface area contributed by atoms with Crippen molar-refractivity contribution in [2.75, 3.05) is 25.0 Å². The van der Waals surface area contributed by atoms with E-state index < -0.39 is 17.4 Å². The number of amides is 2. The van der Waals surface area contributed by atoms with Gasteiger partial charge in [-0.25, -0.2) is 0 Å². The minimum atomic E-state index is -0.707. The van der Waals surface area contributed by atoms with Crippen LogP contribution in [-0.2, 0) is 20.9 Å². The minimum Gasteiger partial charge on any atom is -0.360 e. The Balaban J connectivity index is 1.35. The van der Waals surface area contributed by atoms with Crippen molar-refractivity contribution in [3.05, 3.63) is 60.4 Å². The van der Waals surface area contributed by atoms with Crippen LogP contribution in [0.1, 0.15) is 25.3 Å². The molecule has 4 atom stereocenters. The van der Waals surface area contributed by atoms with Gasteiger partial charge in [-0.05, 0) is 29.7 Å². The molecule has 3 aliphatic rings. The van der Waals surface area contributed by atoms with Crippen molar-refractivity contribution in [1.29, 1.82) is 0 Å². The number of anilines is 1. The number of benzene rings is 1. The molecular weight excluding hydrogens is 392 g/mol. The number of likely N-dealkylation sites (N-methyl/N-ethyl adjacent to an activating group) is 1. The Hall–Kier alpha value is -2.93. The number of fused-ring (bicyclic) bond motifs is 1. The third kappa shape index (κ3) is 3.19. The van der Waals surface area contributed by atoms with Crippen LogP contribution in [0, 0.1) is 11.8 Å². The highest BCUT2D eigenvalue weighted by atomic mass is 16.5. The molecule has 2 saturated heterocycles. The van der Waals surface area contributed by atoms with Crippen LogP contribution in [0.5, 0.6) is 0 Å². The van der Waals surface area contributed by atoms with Gasteiger partial charge in [-0.2, -0.15) is 5.10 Å². The van der Waals surface area contributed by atoms with Crippen molar-refractivity contribution in [1.82, 2.24) is 14.7 Å². The van der Waals surface area contributed by atoms with Gasteiger partial charge in [0.1, 0.15) is 5.60 Å². The summed E-state index contributed by atoms with van der Waals surface area (Å²) in [6.07, 6.45) is 7.22. The number of rotatable bonds is 6. The summed E-state index contributed by atoms with van der Waals surface area (Å²) in [7, 11) is 1.79. The van der Waals surface area contributed by atoms with Crippen molar-refractivity contribution >= 4 is 17.5 Å². The smallest absolute Gasteiger partial charge is 0.234 e. The van der Waals surface area contributed by atoms with Gasteiger partial charge in [-0.1, -0.05) is 38.1 Å². The van der Waals surface area contributed by atoms with E-state index in [1.807, 2.05) is 36.5 Å². The summed E-state index contributed by atoms with van der Waals surface area (Å²) in [4.78, 5) is 30.3. The highest BCUT2D eigenvalue weighted by molar-refractivity contribution is 6.03. The highest BCUT2D eigenvalue weighted by Crippen LogP contribution is 2.53. The van der Waals surface area contributed by atoms with Crippen LogP contribution in [0.3, 0.4) is 0 Å².